The smallest absolute Gasteiger partial charge is 0.250 e. The van der Waals surface area contributed by atoms with E-state index in [0.717, 1.165) is 29.8 Å². The molecule has 0 aliphatic heterocycles. The minimum Gasteiger partial charge on any atom is -0.313 e. The summed E-state index contributed by atoms with van der Waals surface area (Å²) in [6.07, 6.45) is 7.42. The van der Waals surface area contributed by atoms with E-state index >= 15 is 0 Å². The molecule has 0 radical (unpaired) electrons. The number of rotatable bonds is 5. The van der Waals surface area contributed by atoms with E-state index in [1.54, 1.807) is 4.68 Å². The van der Waals surface area contributed by atoms with Gasteiger partial charge in [0.2, 0.25) is 5.95 Å². The van der Waals surface area contributed by atoms with Gasteiger partial charge in [-0.2, -0.15) is 5.10 Å². The van der Waals surface area contributed by atoms with Crippen LogP contribution in [-0.2, 0) is 6.54 Å². The summed E-state index contributed by atoms with van der Waals surface area (Å²) < 4.78 is 1.69. The molecule has 0 aliphatic rings. The van der Waals surface area contributed by atoms with Gasteiger partial charge in [0.05, 0.1) is 6.20 Å². The van der Waals surface area contributed by atoms with Crippen LogP contribution in [0.25, 0.3) is 17.1 Å². The average Bonchev–Trinajstić information content (AvgIpc) is 3.04. The minimum atomic E-state index is 0.581. The number of nitrogens with one attached hydrogen (secondary N) is 1. The first-order valence-corrected chi connectivity index (χ1v) is 6.99. The van der Waals surface area contributed by atoms with Gasteiger partial charge in [-0.25, -0.2) is 14.6 Å². The lowest BCUT2D eigenvalue weighted by Crippen LogP contribution is -2.12. The summed E-state index contributed by atoms with van der Waals surface area (Å²) in [6, 6.07) is 10.1. The van der Waals surface area contributed by atoms with Crippen molar-refractivity contribution in [3.8, 4) is 17.1 Å². The van der Waals surface area contributed by atoms with Crippen LogP contribution < -0.4 is 5.32 Å². The van der Waals surface area contributed by atoms with Crippen molar-refractivity contribution in [2.75, 3.05) is 6.54 Å². The molecule has 0 amide bonds. The van der Waals surface area contributed by atoms with E-state index < -0.39 is 0 Å². The number of aromatic nitrogens is 4. The molecule has 1 N–H and O–H groups in total. The molecule has 0 saturated carbocycles. The Labute approximate surface area is 123 Å². The fourth-order valence-corrected chi connectivity index (χ4v) is 2.04. The molecule has 3 rings (SSSR count). The van der Waals surface area contributed by atoms with E-state index in [0.29, 0.717) is 5.95 Å². The average molecular weight is 279 g/mol. The number of benzene rings is 1. The van der Waals surface area contributed by atoms with E-state index in [-0.39, 0.29) is 0 Å². The number of hydrogen-bond acceptors (Lipinski definition) is 4. The van der Waals surface area contributed by atoms with Gasteiger partial charge in [0.25, 0.3) is 0 Å². The van der Waals surface area contributed by atoms with E-state index in [2.05, 4.69) is 39.4 Å². The van der Waals surface area contributed by atoms with Crippen LogP contribution in [0.4, 0.5) is 0 Å². The predicted molar refractivity (Wildman–Crippen MR) is 82.0 cm³/mol. The molecule has 0 atom stereocenters. The number of hydrogen-bond donors (Lipinski definition) is 1. The molecule has 0 spiro atoms. The first-order valence-electron chi connectivity index (χ1n) is 6.99. The normalized spacial score (nSPS) is 10.7. The van der Waals surface area contributed by atoms with Crippen molar-refractivity contribution in [3.63, 3.8) is 0 Å². The largest absolute Gasteiger partial charge is 0.313 e. The molecule has 0 saturated heterocycles. The third-order valence-corrected chi connectivity index (χ3v) is 3.17. The van der Waals surface area contributed by atoms with Crippen LogP contribution in [0.3, 0.4) is 0 Å². The summed E-state index contributed by atoms with van der Waals surface area (Å²) in [5, 5.41) is 7.58. The lowest BCUT2D eigenvalue weighted by atomic mass is 10.1. The second kappa shape index (κ2) is 6.28. The first-order chi connectivity index (χ1) is 10.4. The minimum absolute atomic E-state index is 0.581. The van der Waals surface area contributed by atoms with Gasteiger partial charge in [-0.15, -0.1) is 0 Å². The maximum Gasteiger partial charge on any atom is 0.250 e. The first kappa shape index (κ1) is 13.5. The Morgan fingerprint density at radius 3 is 2.48 bits per heavy atom. The highest BCUT2D eigenvalue weighted by Gasteiger charge is 2.05. The molecular weight excluding hydrogens is 262 g/mol. The predicted octanol–water partition coefficient (Wildman–Crippen LogP) is 2.44. The Balaban J connectivity index is 1.80. The standard InChI is InChI=1S/C16H17N5/c1-2-17-8-13-9-18-16(19-10-13)21-12-15(11-20-21)14-6-4-3-5-7-14/h3-7,9-12,17H,2,8H2,1H3. The zero-order valence-electron chi connectivity index (χ0n) is 11.9. The van der Waals surface area contributed by atoms with Gasteiger partial charge in [0, 0.05) is 36.3 Å². The van der Waals surface area contributed by atoms with Crippen molar-refractivity contribution in [2.45, 2.75) is 13.5 Å². The second-order valence-corrected chi connectivity index (χ2v) is 4.71. The fourth-order valence-electron chi connectivity index (χ4n) is 2.04. The zero-order chi connectivity index (χ0) is 14.5. The Hall–Kier alpha value is -2.53. The van der Waals surface area contributed by atoms with Crippen LogP contribution in [0, 0.1) is 0 Å². The maximum atomic E-state index is 4.36. The Morgan fingerprint density at radius 1 is 1.00 bits per heavy atom. The van der Waals surface area contributed by atoms with E-state index in [4.69, 9.17) is 0 Å². The summed E-state index contributed by atoms with van der Waals surface area (Å²) in [5.41, 5.74) is 3.25. The molecule has 21 heavy (non-hydrogen) atoms. The highest BCUT2D eigenvalue weighted by Crippen LogP contribution is 2.18. The lowest BCUT2D eigenvalue weighted by molar-refractivity contribution is 0.715. The Kier molecular flexibility index (Phi) is 4.02. The van der Waals surface area contributed by atoms with Crippen molar-refractivity contribution in [3.05, 3.63) is 60.7 Å². The van der Waals surface area contributed by atoms with Gasteiger partial charge in [0.15, 0.2) is 0 Å². The summed E-state index contributed by atoms with van der Waals surface area (Å²) in [4.78, 5) is 8.72. The lowest BCUT2D eigenvalue weighted by Gasteiger charge is -2.02. The van der Waals surface area contributed by atoms with E-state index in [9.17, 15) is 0 Å². The van der Waals surface area contributed by atoms with Crippen molar-refractivity contribution in [1.29, 1.82) is 0 Å². The van der Waals surface area contributed by atoms with Gasteiger partial charge < -0.3 is 5.32 Å². The summed E-state index contributed by atoms with van der Waals surface area (Å²) in [6.45, 7) is 3.79. The van der Waals surface area contributed by atoms with Crippen LogP contribution in [0.5, 0.6) is 0 Å². The molecule has 2 aromatic heterocycles. The fraction of sp³-hybridized carbons (Fsp3) is 0.188. The maximum absolute atomic E-state index is 4.36. The van der Waals surface area contributed by atoms with Crippen molar-refractivity contribution in [2.24, 2.45) is 0 Å². The van der Waals surface area contributed by atoms with E-state index in [1.165, 1.54) is 0 Å². The highest BCUT2D eigenvalue weighted by atomic mass is 15.3. The topological polar surface area (TPSA) is 55.6 Å². The van der Waals surface area contributed by atoms with Crippen molar-refractivity contribution >= 4 is 0 Å². The van der Waals surface area contributed by atoms with Crippen LogP contribution >= 0.6 is 0 Å². The molecular formula is C16H17N5. The molecule has 5 heteroatoms. The molecule has 0 fully saturated rings. The van der Waals surface area contributed by atoms with Gasteiger partial charge >= 0.3 is 0 Å². The van der Waals surface area contributed by atoms with Gasteiger partial charge in [-0.3, -0.25) is 0 Å². The molecule has 0 bridgehead atoms. The van der Waals surface area contributed by atoms with Crippen molar-refractivity contribution in [1.82, 2.24) is 25.1 Å². The quantitative estimate of drug-likeness (QED) is 0.779. The van der Waals surface area contributed by atoms with Gasteiger partial charge in [0.1, 0.15) is 0 Å². The second-order valence-electron chi connectivity index (χ2n) is 4.71. The third kappa shape index (κ3) is 3.14. The summed E-state index contributed by atoms with van der Waals surface area (Å²) in [5.74, 6) is 0.581. The van der Waals surface area contributed by atoms with Crippen molar-refractivity contribution < 1.29 is 0 Å². The third-order valence-electron chi connectivity index (χ3n) is 3.17. The molecule has 3 aromatic rings. The Morgan fingerprint density at radius 2 is 1.76 bits per heavy atom. The van der Waals surface area contributed by atoms with E-state index in [1.807, 2.05) is 43.0 Å². The SMILES string of the molecule is CCNCc1cnc(-n2cc(-c3ccccc3)cn2)nc1. The molecule has 0 unspecified atom stereocenters. The Bertz CT molecular complexity index is 688. The van der Waals surface area contributed by atoms with Gasteiger partial charge in [-0.1, -0.05) is 37.3 Å². The molecule has 0 aliphatic carbocycles. The van der Waals surface area contributed by atoms with Crippen LogP contribution in [0.1, 0.15) is 12.5 Å². The molecule has 5 nitrogen and oxygen atoms in total. The highest BCUT2D eigenvalue weighted by molar-refractivity contribution is 5.61. The number of nitrogens with zero attached hydrogens (tertiary/aromatic N) is 4. The molecule has 2 heterocycles. The summed E-state index contributed by atoms with van der Waals surface area (Å²) >= 11 is 0. The van der Waals surface area contributed by atoms with Crippen LogP contribution in [0.2, 0.25) is 0 Å². The van der Waals surface area contributed by atoms with Crippen LogP contribution in [-0.4, -0.2) is 26.3 Å². The van der Waals surface area contributed by atoms with Crippen LogP contribution in [0.15, 0.2) is 55.1 Å². The molecule has 106 valence electrons. The zero-order valence-corrected chi connectivity index (χ0v) is 11.9. The van der Waals surface area contributed by atoms with Gasteiger partial charge in [-0.05, 0) is 12.1 Å². The monoisotopic (exact) mass is 279 g/mol. The summed E-state index contributed by atoms with van der Waals surface area (Å²) in [7, 11) is 0. The molecule has 1 aromatic carbocycles.